The highest BCUT2D eigenvalue weighted by atomic mass is 32.1. The van der Waals surface area contributed by atoms with Gasteiger partial charge in [0.15, 0.2) is 0 Å². The summed E-state index contributed by atoms with van der Waals surface area (Å²) in [5.74, 6) is 1.30. The van der Waals surface area contributed by atoms with E-state index in [2.05, 4.69) is 23.7 Å². The Balaban J connectivity index is 1.37. The molecule has 7 nitrogen and oxygen atoms in total. The number of thiophene rings is 1. The van der Waals surface area contributed by atoms with Gasteiger partial charge in [0.2, 0.25) is 5.91 Å². The average Bonchev–Trinajstić information content (AvgIpc) is 3.00. The van der Waals surface area contributed by atoms with E-state index in [0.717, 1.165) is 28.4 Å². The zero-order valence-corrected chi connectivity index (χ0v) is 19.9. The number of amides is 1. The van der Waals surface area contributed by atoms with Crippen LogP contribution in [-0.2, 0) is 11.3 Å². The standard InChI is InChI=1S/C23H34N4O3S/c1-15-9-16(2)11-26(10-15)19(28)12-25-7-5-23(30,6-8-25)13-27-14-24-21-20(22(27)29)17(3)18(4)31-21/h14-16,30H,5-13H2,1-4H3/t15-,16-/m0/s1. The van der Waals surface area contributed by atoms with E-state index < -0.39 is 5.60 Å². The Morgan fingerprint density at radius 1 is 1.23 bits per heavy atom. The van der Waals surface area contributed by atoms with E-state index in [1.165, 1.54) is 17.8 Å². The van der Waals surface area contributed by atoms with Crippen molar-refractivity contribution in [2.24, 2.45) is 11.8 Å². The van der Waals surface area contributed by atoms with Crippen LogP contribution in [0.5, 0.6) is 0 Å². The Labute approximate surface area is 187 Å². The molecule has 0 aromatic carbocycles. The molecule has 2 aromatic rings. The number of carbonyl (C=O) groups excluding carboxylic acids is 1. The summed E-state index contributed by atoms with van der Waals surface area (Å²) in [6, 6.07) is 0. The number of aromatic nitrogens is 2. The fraction of sp³-hybridized carbons (Fsp3) is 0.696. The lowest BCUT2D eigenvalue weighted by atomic mass is 9.90. The minimum Gasteiger partial charge on any atom is -0.388 e. The van der Waals surface area contributed by atoms with Crippen LogP contribution in [0.2, 0.25) is 0 Å². The largest absolute Gasteiger partial charge is 0.388 e. The lowest BCUT2D eigenvalue weighted by molar-refractivity contribution is -0.136. The second-order valence-electron chi connectivity index (χ2n) is 9.89. The van der Waals surface area contributed by atoms with Gasteiger partial charge in [-0.2, -0.15) is 0 Å². The van der Waals surface area contributed by atoms with Crippen LogP contribution in [0.15, 0.2) is 11.1 Å². The smallest absolute Gasteiger partial charge is 0.262 e. The van der Waals surface area contributed by atoms with E-state index >= 15 is 0 Å². The maximum absolute atomic E-state index is 13.0. The van der Waals surface area contributed by atoms with Crippen LogP contribution in [0, 0.1) is 25.7 Å². The van der Waals surface area contributed by atoms with Crippen molar-refractivity contribution in [3.05, 3.63) is 27.1 Å². The molecule has 2 atom stereocenters. The van der Waals surface area contributed by atoms with Crippen LogP contribution in [0.4, 0.5) is 0 Å². The summed E-state index contributed by atoms with van der Waals surface area (Å²) in [6.45, 7) is 12.0. The van der Waals surface area contributed by atoms with E-state index in [9.17, 15) is 14.7 Å². The van der Waals surface area contributed by atoms with Gasteiger partial charge in [0, 0.05) is 31.1 Å². The van der Waals surface area contributed by atoms with Crippen molar-refractivity contribution in [3.63, 3.8) is 0 Å². The Bertz CT molecular complexity index is 1010. The van der Waals surface area contributed by atoms with Crippen LogP contribution in [0.25, 0.3) is 10.2 Å². The predicted octanol–water partition coefficient (Wildman–Crippen LogP) is 2.41. The number of nitrogens with zero attached hydrogens (tertiary/aromatic N) is 4. The van der Waals surface area contributed by atoms with Crippen molar-refractivity contribution in [1.29, 1.82) is 0 Å². The molecule has 0 spiro atoms. The molecule has 0 radical (unpaired) electrons. The molecule has 2 aliphatic rings. The lowest BCUT2D eigenvalue weighted by Crippen LogP contribution is -2.52. The molecule has 170 valence electrons. The normalized spacial score (nSPS) is 24.6. The van der Waals surface area contributed by atoms with E-state index in [1.54, 1.807) is 10.9 Å². The molecule has 0 saturated carbocycles. The van der Waals surface area contributed by atoms with E-state index in [-0.39, 0.29) is 18.0 Å². The minimum absolute atomic E-state index is 0.0776. The number of hydrogen-bond donors (Lipinski definition) is 1. The molecule has 2 aromatic heterocycles. The van der Waals surface area contributed by atoms with Gasteiger partial charge < -0.3 is 10.0 Å². The third-order valence-corrected chi connectivity index (χ3v) is 8.10. The molecular formula is C23H34N4O3S. The summed E-state index contributed by atoms with van der Waals surface area (Å²) in [5, 5.41) is 11.8. The molecule has 2 fully saturated rings. The summed E-state index contributed by atoms with van der Waals surface area (Å²) in [7, 11) is 0. The van der Waals surface area contributed by atoms with Gasteiger partial charge in [0.25, 0.3) is 5.56 Å². The summed E-state index contributed by atoms with van der Waals surface area (Å²) in [6.07, 6.45) is 3.83. The van der Waals surface area contributed by atoms with E-state index in [1.807, 2.05) is 18.7 Å². The monoisotopic (exact) mass is 446 g/mol. The number of carbonyl (C=O) groups is 1. The van der Waals surface area contributed by atoms with E-state index in [4.69, 9.17) is 0 Å². The van der Waals surface area contributed by atoms with Gasteiger partial charge >= 0.3 is 0 Å². The number of piperidine rings is 2. The molecule has 4 heterocycles. The Hall–Kier alpha value is -1.77. The molecule has 4 rings (SSSR count). The molecular weight excluding hydrogens is 412 g/mol. The SMILES string of the molecule is Cc1sc2ncn(CC3(O)CCN(CC(=O)N4C[C@@H](C)C[C@H](C)C4)CC3)c(=O)c2c1C. The molecule has 0 bridgehead atoms. The first-order valence-electron chi connectivity index (χ1n) is 11.3. The van der Waals surface area contributed by atoms with Gasteiger partial charge in [-0.3, -0.25) is 19.1 Å². The first-order valence-corrected chi connectivity index (χ1v) is 12.1. The van der Waals surface area contributed by atoms with Crippen molar-refractivity contribution < 1.29 is 9.90 Å². The molecule has 1 amide bonds. The van der Waals surface area contributed by atoms with Crippen molar-refractivity contribution in [1.82, 2.24) is 19.4 Å². The predicted molar refractivity (Wildman–Crippen MR) is 124 cm³/mol. The van der Waals surface area contributed by atoms with Gasteiger partial charge in [0.1, 0.15) is 4.83 Å². The average molecular weight is 447 g/mol. The highest BCUT2D eigenvalue weighted by molar-refractivity contribution is 7.18. The van der Waals surface area contributed by atoms with Crippen molar-refractivity contribution >= 4 is 27.5 Å². The first-order chi connectivity index (χ1) is 14.6. The number of aliphatic hydroxyl groups is 1. The maximum Gasteiger partial charge on any atom is 0.262 e. The van der Waals surface area contributed by atoms with Gasteiger partial charge in [-0.05, 0) is 50.5 Å². The third kappa shape index (κ3) is 4.71. The zero-order chi connectivity index (χ0) is 22.3. The molecule has 2 saturated heterocycles. The second-order valence-corrected chi connectivity index (χ2v) is 11.1. The number of fused-ring (bicyclic) bond motifs is 1. The van der Waals surface area contributed by atoms with E-state index in [0.29, 0.717) is 49.7 Å². The van der Waals surface area contributed by atoms with Crippen molar-refractivity contribution in [2.75, 3.05) is 32.7 Å². The van der Waals surface area contributed by atoms with Crippen LogP contribution in [-0.4, -0.2) is 68.7 Å². The Morgan fingerprint density at radius 3 is 2.52 bits per heavy atom. The summed E-state index contributed by atoms with van der Waals surface area (Å²) >= 11 is 1.54. The second kappa shape index (κ2) is 8.64. The van der Waals surface area contributed by atoms with Crippen LogP contribution >= 0.6 is 11.3 Å². The minimum atomic E-state index is -0.953. The molecule has 1 N–H and O–H groups in total. The quantitative estimate of drug-likeness (QED) is 0.780. The highest BCUT2D eigenvalue weighted by Gasteiger charge is 2.35. The summed E-state index contributed by atoms with van der Waals surface area (Å²) in [5.41, 5.74) is -0.0500. The number of likely N-dealkylation sites (tertiary alicyclic amines) is 2. The van der Waals surface area contributed by atoms with Gasteiger partial charge in [-0.25, -0.2) is 4.98 Å². The molecule has 8 heteroatoms. The molecule has 0 aliphatic carbocycles. The molecule has 0 unspecified atom stereocenters. The maximum atomic E-state index is 13.0. The zero-order valence-electron chi connectivity index (χ0n) is 19.1. The number of rotatable bonds is 4. The fourth-order valence-electron chi connectivity index (χ4n) is 5.14. The van der Waals surface area contributed by atoms with Gasteiger partial charge in [-0.1, -0.05) is 13.8 Å². The van der Waals surface area contributed by atoms with Gasteiger partial charge in [-0.15, -0.1) is 11.3 Å². The van der Waals surface area contributed by atoms with Crippen molar-refractivity contribution in [2.45, 2.75) is 59.1 Å². The first kappa shape index (κ1) is 22.4. The Morgan fingerprint density at radius 2 is 1.87 bits per heavy atom. The molecule has 31 heavy (non-hydrogen) atoms. The summed E-state index contributed by atoms with van der Waals surface area (Å²) in [4.78, 5) is 36.2. The molecule has 2 aliphatic heterocycles. The fourth-order valence-corrected chi connectivity index (χ4v) is 6.13. The van der Waals surface area contributed by atoms with Crippen molar-refractivity contribution in [3.8, 4) is 0 Å². The lowest BCUT2D eigenvalue weighted by Gasteiger charge is -2.40. The van der Waals surface area contributed by atoms with Crippen LogP contribution in [0.1, 0.15) is 43.6 Å². The Kier molecular flexibility index (Phi) is 6.25. The number of aryl methyl sites for hydroxylation is 2. The van der Waals surface area contributed by atoms with Crippen LogP contribution < -0.4 is 5.56 Å². The third-order valence-electron chi connectivity index (χ3n) is 6.99. The van der Waals surface area contributed by atoms with Gasteiger partial charge in [0.05, 0.1) is 30.4 Å². The highest BCUT2D eigenvalue weighted by Crippen LogP contribution is 2.28. The summed E-state index contributed by atoms with van der Waals surface area (Å²) < 4.78 is 1.55. The van der Waals surface area contributed by atoms with Crippen LogP contribution in [0.3, 0.4) is 0 Å². The number of hydrogen-bond acceptors (Lipinski definition) is 6. The topological polar surface area (TPSA) is 78.7 Å².